The Bertz CT molecular complexity index is 801. The average Bonchev–Trinajstić information content (AvgIpc) is 3.07. The molecule has 6 nitrogen and oxygen atoms in total. The number of amides is 1. The van der Waals surface area contributed by atoms with Crippen molar-refractivity contribution in [3.8, 4) is 5.75 Å². The molecule has 0 saturated carbocycles. The summed E-state index contributed by atoms with van der Waals surface area (Å²) >= 11 is 0. The van der Waals surface area contributed by atoms with Gasteiger partial charge in [-0.3, -0.25) is 14.8 Å². The van der Waals surface area contributed by atoms with E-state index in [4.69, 9.17) is 4.74 Å². The van der Waals surface area contributed by atoms with Gasteiger partial charge in [-0.15, -0.1) is 0 Å². The Labute approximate surface area is 162 Å². The number of carbonyl (C=O) groups excluding carboxylic acids is 1. The van der Waals surface area contributed by atoms with Crippen LogP contribution in [0.5, 0.6) is 5.75 Å². The van der Waals surface area contributed by atoms with Gasteiger partial charge in [0.15, 0.2) is 5.69 Å². The number of nitrogens with one attached hydrogen (secondary N) is 2. The van der Waals surface area contributed by atoms with Gasteiger partial charge in [0.25, 0.3) is 5.91 Å². The highest BCUT2D eigenvalue weighted by atomic mass is 19.4. The first-order valence-corrected chi connectivity index (χ1v) is 9.01. The van der Waals surface area contributed by atoms with Gasteiger partial charge in [-0.2, -0.15) is 18.3 Å². The molecule has 1 unspecified atom stereocenters. The minimum Gasteiger partial charge on any atom is -0.497 e. The van der Waals surface area contributed by atoms with E-state index in [1.54, 1.807) is 7.11 Å². The molecule has 154 valence electrons. The molecule has 0 saturated heterocycles. The highest BCUT2D eigenvalue weighted by molar-refractivity contribution is 5.96. The lowest BCUT2D eigenvalue weighted by molar-refractivity contribution is -0.141. The van der Waals surface area contributed by atoms with Crippen molar-refractivity contribution >= 4 is 5.91 Å². The summed E-state index contributed by atoms with van der Waals surface area (Å²) in [6.45, 7) is 6.94. The third kappa shape index (κ3) is 4.83. The van der Waals surface area contributed by atoms with Gasteiger partial charge in [0.1, 0.15) is 5.75 Å². The van der Waals surface area contributed by atoms with E-state index in [0.29, 0.717) is 18.8 Å². The molecule has 1 aromatic heterocycles. The number of likely N-dealkylation sites (N-methyl/N-ethyl adjacent to an activating group) is 1. The van der Waals surface area contributed by atoms with Crippen molar-refractivity contribution in [2.75, 3.05) is 26.7 Å². The quantitative estimate of drug-likeness (QED) is 0.713. The van der Waals surface area contributed by atoms with E-state index in [2.05, 4.69) is 20.4 Å². The predicted molar refractivity (Wildman–Crippen MR) is 99.3 cm³/mol. The summed E-state index contributed by atoms with van der Waals surface area (Å²) in [7, 11) is 1.56. The van der Waals surface area contributed by atoms with Gasteiger partial charge in [0, 0.05) is 12.2 Å². The summed E-state index contributed by atoms with van der Waals surface area (Å²) in [6.07, 6.45) is -4.71. The average molecular weight is 398 g/mol. The van der Waals surface area contributed by atoms with Crippen molar-refractivity contribution in [1.82, 2.24) is 20.4 Å². The smallest absolute Gasteiger partial charge is 0.435 e. The van der Waals surface area contributed by atoms with Crippen molar-refractivity contribution in [2.24, 2.45) is 0 Å². The summed E-state index contributed by atoms with van der Waals surface area (Å²) < 4.78 is 44.6. The Hall–Kier alpha value is -2.55. The third-order valence-corrected chi connectivity index (χ3v) is 4.63. The van der Waals surface area contributed by atoms with Crippen LogP contribution < -0.4 is 10.1 Å². The second-order valence-electron chi connectivity index (χ2n) is 6.29. The Morgan fingerprint density at radius 3 is 2.57 bits per heavy atom. The topological polar surface area (TPSA) is 70.2 Å². The maximum Gasteiger partial charge on any atom is 0.435 e. The van der Waals surface area contributed by atoms with Crippen LogP contribution in [0.3, 0.4) is 0 Å². The van der Waals surface area contributed by atoms with E-state index >= 15 is 0 Å². The first-order valence-electron chi connectivity index (χ1n) is 9.01. The monoisotopic (exact) mass is 398 g/mol. The van der Waals surface area contributed by atoms with E-state index in [1.165, 1.54) is 6.92 Å². The molecule has 0 bridgehead atoms. The second kappa shape index (κ2) is 9.09. The Morgan fingerprint density at radius 2 is 2.00 bits per heavy atom. The summed E-state index contributed by atoms with van der Waals surface area (Å²) in [6, 6.07) is 7.21. The Kier molecular flexibility index (Phi) is 7.06. The van der Waals surface area contributed by atoms with Crippen molar-refractivity contribution in [3.63, 3.8) is 0 Å². The van der Waals surface area contributed by atoms with E-state index in [9.17, 15) is 18.0 Å². The number of hydrogen-bond donors (Lipinski definition) is 2. The highest BCUT2D eigenvalue weighted by Crippen LogP contribution is 2.31. The molecule has 9 heteroatoms. The molecule has 0 aliphatic rings. The van der Waals surface area contributed by atoms with Gasteiger partial charge in [-0.1, -0.05) is 26.0 Å². The molecule has 0 spiro atoms. The number of nitrogens with zero attached hydrogens (tertiary/aromatic N) is 2. The zero-order valence-electron chi connectivity index (χ0n) is 16.4. The van der Waals surface area contributed by atoms with Crippen molar-refractivity contribution in [3.05, 3.63) is 46.8 Å². The predicted octanol–water partition coefficient (Wildman–Crippen LogP) is 3.56. The fourth-order valence-electron chi connectivity index (χ4n) is 3.16. The molecule has 2 N–H and O–H groups in total. The molecule has 0 fully saturated rings. The van der Waals surface area contributed by atoms with Crippen molar-refractivity contribution < 1.29 is 22.7 Å². The normalized spacial score (nSPS) is 12.9. The lowest BCUT2D eigenvalue weighted by atomic mass is 10.0. The molecule has 1 heterocycles. The van der Waals surface area contributed by atoms with Crippen LogP contribution in [0.25, 0.3) is 0 Å². The second-order valence-corrected chi connectivity index (χ2v) is 6.29. The molecule has 0 radical (unpaired) electrons. The fraction of sp³-hybridized carbons (Fsp3) is 0.474. The van der Waals surface area contributed by atoms with Gasteiger partial charge in [-0.05, 0) is 37.7 Å². The van der Waals surface area contributed by atoms with Crippen LogP contribution in [0.2, 0.25) is 0 Å². The van der Waals surface area contributed by atoms with Crippen molar-refractivity contribution in [1.29, 1.82) is 0 Å². The van der Waals surface area contributed by atoms with Crippen LogP contribution in [0, 0.1) is 6.92 Å². The first kappa shape index (κ1) is 21.7. The summed E-state index contributed by atoms with van der Waals surface area (Å²) in [5, 5.41) is 8.13. The molecular weight excluding hydrogens is 373 g/mol. The van der Waals surface area contributed by atoms with Crippen LogP contribution in [-0.2, 0) is 6.18 Å². The van der Waals surface area contributed by atoms with Crippen LogP contribution in [0.15, 0.2) is 24.3 Å². The van der Waals surface area contributed by atoms with Crippen LogP contribution >= 0.6 is 0 Å². The molecule has 0 aliphatic carbocycles. The first-order chi connectivity index (χ1) is 13.2. The number of alkyl halides is 3. The number of ether oxygens (including phenoxy) is 1. The number of halogens is 3. The molecule has 2 aromatic rings. The highest BCUT2D eigenvalue weighted by Gasteiger charge is 2.39. The van der Waals surface area contributed by atoms with E-state index in [0.717, 1.165) is 5.56 Å². The molecule has 1 aromatic carbocycles. The number of methoxy groups -OCH3 is 1. The molecule has 1 amide bonds. The Morgan fingerprint density at radius 1 is 1.32 bits per heavy atom. The van der Waals surface area contributed by atoms with Gasteiger partial charge < -0.3 is 10.1 Å². The number of aromatic nitrogens is 2. The number of H-pyrrole nitrogens is 1. The number of aromatic amines is 1. The molecule has 0 aliphatic heterocycles. The van der Waals surface area contributed by atoms with E-state index in [-0.39, 0.29) is 18.3 Å². The van der Waals surface area contributed by atoms with E-state index < -0.39 is 23.3 Å². The van der Waals surface area contributed by atoms with Crippen molar-refractivity contribution in [2.45, 2.75) is 33.0 Å². The number of aryl methyl sites for hydroxylation is 1. The molecule has 28 heavy (non-hydrogen) atoms. The zero-order chi connectivity index (χ0) is 20.9. The maximum absolute atomic E-state index is 13.1. The maximum atomic E-state index is 13.1. The minimum atomic E-state index is -4.71. The standard InChI is InChI=1S/C19H25F3N4O2/c1-5-26(6-2)15(13-8-7-9-14(10-13)28-4)11-23-18(27)16-12(3)24-25-17(16)19(20,21)22/h7-10,15H,5-6,11H2,1-4H3,(H,23,27)(H,24,25). The largest absolute Gasteiger partial charge is 0.497 e. The van der Waals surface area contributed by atoms with Crippen LogP contribution in [0.4, 0.5) is 13.2 Å². The number of rotatable bonds is 8. The fourth-order valence-corrected chi connectivity index (χ4v) is 3.16. The third-order valence-electron chi connectivity index (χ3n) is 4.63. The zero-order valence-corrected chi connectivity index (χ0v) is 16.4. The SMILES string of the molecule is CCN(CC)C(CNC(=O)c1c(C(F)(F)F)n[nH]c1C)c1cccc(OC)c1. The molecule has 2 rings (SSSR count). The summed E-state index contributed by atoms with van der Waals surface area (Å²) in [5.74, 6) is -0.135. The van der Waals surface area contributed by atoms with Gasteiger partial charge in [0.2, 0.25) is 0 Å². The molecule has 1 atom stereocenters. The number of carbonyl (C=O) groups is 1. The lowest BCUT2D eigenvalue weighted by Crippen LogP contribution is -2.38. The number of benzene rings is 1. The minimum absolute atomic E-state index is 0.0746. The van der Waals surface area contributed by atoms with Gasteiger partial charge in [0.05, 0.1) is 18.7 Å². The van der Waals surface area contributed by atoms with Crippen LogP contribution in [-0.4, -0.2) is 47.7 Å². The van der Waals surface area contributed by atoms with Gasteiger partial charge >= 0.3 is 6.18 Å². The number of hydrogen-bond acceptors (Lipinski definition) is 4. The Balaban J connectivity index is 2.26. The van der Waals surface area contributed by atoms with E-state index in [1.807, 2.05) is 38.1 Å². The van der Waals surface area contributed by atoms with Crippen LogP contribution in [0.1, 0.15) is 47.2 Å². The summed E-state index contributed by atoms with van der Waals surface area (Å²) in [5.41, 5.74) is -0.700. The molecular formula is C19H25F3N4O2. The van der Waals surface area contributed by atoms with Gasteiger partial charge in [-0.25, -0.2) is 0 Å². The summed E-state index contributed by atoms with van der Waals surface area (Å²) in [4.78, 5) is 14.7. The lowest BCUT2D eigenvalue weighted by Gasteiger charge is -2.30.